The molecule has 0 saturated heterocycles. The quantitative estimate of drug-likeness (QED) is 0.393. The van der Waals surface area contributed by atoms with Crippen LogP contribution in [0.3, 0.4) is 0 Å². The normalized spacial score (nSPS) is 19.7. The minimum absolute atomic E-state index is 0.291. The van der Waals surface area contributed by atoms with Crippen molar-refractivity contribution >= 4 is 35.1 Å². The second-order valence-corrected chi connectivity index (χ2v) is 11.0. The van der Waals surface area contributed by atoms with Crippen molar-refractivity contribution in [3.05, 3.63) is 132 Å². The van der Waals surface area contributed by atoms with Crippen LogP contribution >= 0.6 is 0 Å². The van der Waals surface area contributed by atoms with E-state index in [4.69, 9.17) is 9.47 Å². The number of hydrogen-bond donors (Lipinski definition) is 0. The zero-order valence-corrected chi connectivity index (χ0v) is 24.5. The molecule has 0 aromatic heterocycles. The molecule has 0 fully saturated rings. The van der Waals surface area contributed by atoms with Gasteiger partial charge in [0.1, 0.15) is 23.0 Å². The summed E-state index contributed by atoms with van der Waals surface area (Å²) >= 11 is 0. The predicted molar refractivity (Wildman–Crippen MR) is 167 cm³/mol. The van der Waals surface area contributed by atoms with Gasteiger partial charge in [0.2, 0.25) is 0 Å². The van der Waals surface area contributed by atoms with E-state index in [2.05, 4.69) is 24.1 Å². The first-order valence-electron chi connectivity index (χ1n) is 14.3. The van der Waals surface area contributed by atoms with Gasteiger partial charge < -0.3 is 9.47 Å². The van der Waals surface area contributed by atoms with E-state index in [-0.39, 0.29) is 5.41 Å². The largest absolute Gasteiger partial charge is 0.458 e. The molecule has 224 valence electrons. The maximum absolute atomic E-state index is 11.7. The summed E-state index contributed by atoms with van der Waals surface area (Å²) in [7, 11) is 0. The van der Waals surface area contributed by atoms with Crippen LogP contribution in [0, 0.1) is 0 Å². The van der Waals surface area contributed by atoms with Crippen molar-refractivity contribution in [3.8, 4) is 11.5 Å². The molecule has 0 unspecified atom stereocenters. The number of carbonyl (C=O) groups excluding carboxylic acids is 4. The first-order chi connectivity index (χ1) is 21.7. The first-order valence-corrected chi connectivity index (χ1v) is 14.3. The van der Waals surface area contributed by atoms with Crippen LogP contribution in [-0.2, 0) is 24.6 Å². The summed E-state index contributed by atoms with van der Waals surface area (Å²) in [5, 5.41) is 9.95. The number of imide groups is 2. The maximum Gasteiger partial charge on any atom is 0.274 e. The molecule has 10 heteroatoms. The summed E-state index contributed by atoms with van der Waals surface area (Å²) in [5.41, 5.74) is 3.09. The van der Waals surface area contributed by atoms with E-state index in [1.807, 2.05) is 60.7 Å². The molecule has 2 aliphatic carbocycles. The van der Waals surface area contributed by atoms with Crippen LogP contribution in [-0.4, -0.2) is 45.1 Å². The lowest BCUT2D eigenvalue weighted by Crippen LogP contribution is -2.25. The fraction of sp³-hybridized carbons (Fsp3) is 0.143. The summed E-state index contributed by atoms with van der Waals surface area (Å²) in [6.45, 7) is 4.30. The average Bonchev–Trinajstić information content (AvgIpc) is 3.54. The molecule has 0 atom stereocenters. The number of nitrogens with zero attached hydrogens (tertiary/aromatic N) is 4. The monoisotopic (exact) mass is 600 g/mol. The van der Waals surface area contributed by atoms with Gasteiger partial charge in [0.05, 0.1) is 11.4 Å². The van der Waals surface area contributed by atoms with E-state index in [0.29, 0.717) is 47.3 Å². The lowest BCUT2D eigenvalue weighted by atomic mass is 9.78. The molecule has 6 rings (SSSR count). The SMILES string of the molecule is CC(C)(c1ccc(OC2=CCC(=NN3C(=O)C=CC3=O)C=C2)cc1)c1ccc(OC2=CCC(=NN3C(=O)C=CC3=O)C=C2)cc1. The van der Waals surface area contributed by atoms with E-state index < -0.39 is 23.6 Å². The van der Waals surface area contributed by atoms with Crippen LogP contribution in [0.4, 0.5) is 0 Å². The molecule has 0 N–H and O–H groups in total. The number of carbonyl (C=O) groups is 4. The Hall–Kier alpha value is -5.90. The van der Waals surface area contributed by atoms with Gasteiger partial charge in [-0.05, 0) is 71.8 Å². The van der Waals surface area contributed by atoms with Gasteiger partial charge >= 0.3 is 0 Å². The third-order valence-corrected chi connectivity index (χ3v) is 7.56. The van der Waals surface area contributed by atoms with Crippen molar-refractivity contribution in [2.24, 2.45) is 10.2 Å². The Kier molecular flexibility index (Phi) is 7.78. The first kappa shape index (κ1) is 29.2. The third kappa shape index (κ3) is 6.40. The van der Waals surface area contributed by atoms with Crippen LogP contribution < -0.4 is 9.47 Å². The number of amides is 4. The highest BCUT2D eigenvalue weighted by Crippen LogP contribution is 2.34. The molecule has 45 heavy (non-hydrogen) atoms. The number of hydrogen-bond acceptors (Lipinski definition) is 8. The standard InChI is InChI=1S/C35H28N4O6/c1-35(2,23-3-11-27(12-4-23)44-29-15-7-25(8-16-29)36-38-31(40)19-20-32(38)41)24-5-13-28(14-6-24)45-30-17-9-26(10-18-30)37-39-33(42)21-22-34(39)43/h3-7,9,11-22H,8,10H2,1-2H3. The highest BCUT2D eigenvalue weighted by atomic mass is 16.5. The van der Waals surface area contributed by atoms with Crippen LogP contribution in [0.1, 0.15) is 37.8 Å². The zero-order valence-electron chi connectivity index (χ0n) is 24.5. The minimum Gasteiger partial charge on any atom is -0.458 e. The van der Waals surface area contributed by atoms with E-state index in [9.17, 15) is 19.2 Å². The van der Waals surface area contributed by atoms with Gasteiger partial charge in [0.15, 0.2) is 0 Å². The molecule has 0 radical (unpaired) electrons. The summed E-state index contributed by atoms with van der Waals surface area (Å²) in [4.78, 5) is 46.9. The molecule has 0 spiro atoms. The summed E-state index contributed by atoms with van der Waals surface area (Å²) < 4.78 is 12.0. The van der Waals surface area contributed by atoms with Crippen molar-refractivity contribution in [3.63, 3.8) is 0 Å². The Bertz CT molecular complexity index is 1670. The van der Waals surface area contributed by atoms with Gasteiger partial charge in [-0.15, -0.1) is 0 Å². The van der Waals surface area contributed by atoms with Gasteiger partial charge in [0, 0.05) is 42.6 Å². The number of benzene rings is 2. The smallest absolute Gasteiger partial charge is 0.274 e. The number of hydrazone groups is 2. The molecule has 2 aliphatic heterocycles. The molecule has 2 aromatic rings. The van der Waals surface area contributed by atoms with Crippen molar-refractivity contribution in [2.75, 3.05) is 0 Å². The highest BCUT2D eigenvalue weighted by Gasteiger charge is 2.26. The van der Waals surface area contributed by atoms with E-state index in [1.165, 1.54) is 24.3 Å². The third-order valence-electron chi connectivity index (χ3n) is 7.56. The lowest BCUT2D eigenvalue weighted by molar-refractivity contribution is -0.138. The fourth-order valence-electron chi connectivity index (χ4n) is 4.90. The molecular formula is C35H28N4O6. The van der Waals surface area contributed by atoms with Crippen LogP contribution in [0.2, 0.25) is 0 Å². The molecule has 10 nitrogen and oxygen atoms in total. The minimum atomic E-state index is -0.452. The van der Waals surface area contributed by atoms with Crippen molar-refractivity contribution < 1.29 is 28.7 Å². The molecular weight excluding hydrogens is 572 g/mol. The highest BCUT2D eigenvalue weighted by molar-refractivity contribution is 6.14. The van der Waals surface area contributed by atoms with Gasteiger partial charge in [-0.25, -0.2) is 0 Å². The van der Waals surface area contributed by atoms with Crippen LogP contribution in [0.5, 0.6) is 11.5 Å². The topological polar surface area (TPSA) is 118 Å². The molecule has 2 heterocycles. The predicted octanol–water partition coefficient (Wildman–Crippen LogP) is 5.02. The van der Waals surface area contributed by atoms with Gasteiger partial charge in [-0.2, -0.15) is 20.2 Å². The number of ether oxygens (including phenoxy) is 2. The lowest BCUT2D eigenvalue weighted by Gasteiger charge is -2.26. The van der Waals surface area contributed by atoms with Gasteiger partial charge in [-0.3, -0.25) is 19.2 Å². The fourth-order valence-corrected chi connectivity index (χ4v) is 4.90. The molecule has 4 aliphatic rings. The number of allylic oxidation sites excluding steroid dienone is 6. The summed E-state index contributed by atoms with van der Waals surface area (Å²) in [6, 6.07) is 15.8. The Labute approximate surface area is 259 Å². The Morgan fingerprint density at radius 2 is 0.889 bits per heavy atom. The van der Waals surface area contributed by atoms with E-state index in [1.54, 1.807) is 24.3 Å². The maximum atomic E-state index is 11.7. The second kappa shape index (κ2) is 12.0. The Morgan fingerprint density at radius 1 is 0.533 bits per heavy atom. The molecule has 0 saturated carbocycles. The zero-order chi connectivity index (χ0) is 31.6. The van der Waals surface area contributed by atoms with E-state index >= 15 is 0 Å². The van der Waals surface area contributed by atoms with Crippen molar-refractivity contribution in [1.82, 2.24) is 10.0 Å². The van der Waals surface area contributed by atoms with Crippen LogP contribution in [0.25, 0.3) is 0 Å². The Morgan fingerprint density at radius 3 is 1.20 bits per heavy atom. The number of rotatable bonds is 8. The summed E-state index contributed by atoms with van der Waals surface area (Å²) in [5.74, 6) is 0.850. The van der Waals surface area contributed by atoms with Crippen molar-refractivity contribution in [2.45, 2.75) is 32.1 Å². The van der Waals surface area contributed by atoms with Gasteiger partial charge in [0.25, 0.3) is 23.6 Å². The van der Waals surface area contributed by atoms with Crippen LogP contribution in [0.15, 0.2) is 131 Å². The summed E-state index contributed by atoms with van der Waals surface area (Å²) in [6.07, 6.45) is 16.3. The molecule has 0 bridgehead atoms. The van der Waals surface area contributed by atoms with Crippen molar-refractivity contribution in [1.29, 1.82) is 0 Å². The molecule has 4 amide bonds. The molecule has 2 aromatic carbocycles. The average molecular weight is 601 g/mol. The Balaban J connectivity index is 1.03. The van der Waals surface area contributed by atoms with Gasteiger partial charge in [-0.1, -0.05) is 38.1 Å². The van der Waals surface area contributed by atoms with E-state index in [0.717, 1.165) is 21.1 Å². The second-order valence-electron chi connectivity index (χ2n) is 11.0.